The third-order valence-electron chi connectivity index (χ3n) is 6.03. The van der Waals surface area contributed by atoms with Crippen molar-refractivity contribution in [3.8, 4) is 0 Å². The Morgan fingerprint density at radius 2 is 1.88 bits per heavy atom. The van der Waals surface area contributed by atoms with Crippen molar-refractivity contribution in [1.82, 2.24) is 4.98 Å². The maximum atomic E-state index is 10.0. The third kappa shape index (κ3) is 4.36. The fourth-order valence-electron chi connectivity index (χ4n) is 3.53. The highest BCUT2D eigenvalue weighted by atomic mass is 127. The highest BCUT2D eigenvalue weighted by Crippen LogP contribution is 2.49. The summed E-state index contributed by atoms with van der Waals surface area (Å²) in [6, 6.07) is 0. The lowest BCUT2D eigenvalue weighted by molar-refractivity contribution is 0.105. The molecule has 148 valence electrons. The molecule has 0 spiro atoms. The van der Waals surface area contributed by atoms with Crippen LogP contribution in [0.3, 0.4) is 0 Å². The molecule has 1 atom stereocenters. The summed E-state index contributed by atoms with van der Waals surface area (Å²) in [5.74, 6) is 0.306. The summed E-state index contributed by atoms with van der Waals surface area (Å²) in [5.41, 5.74) is 4.62. The molecule has 0 radical (unpaired) electrons. The van der Waals surface area contributed by atoms with Gasteiger partial charge in [0.1, 0.15) is 0 Å². The molecule has 1 aromatic heterocycles. The SMILES string of the molecule is CC(C)c1nc2c(c(I)c1CO)[C@@H](O[Si](C)(C)C(C)(C)C)CC(C)(C)C2. The van der Waals surface area contributed by atoms with E-state index in [2.05, 4.69) is 84.2 Å². The van der Waals surface area contributed by atoms with Gasteiger partial charge in [-0.25, -0.2) is 0 Å². The minimum Gasteiger partial charge on any atom is -0.410 e. The quantitative estimate of drug-likeness (QED) is 0.397. The van der Waals surface area contributed by atoms with Crippen molar-refractivity contribution < 1.29 is 9.53 Å². The molecule has 26 heavy (non-hydrogen) atoms. The van der Waals surface area contributed by atoms with E-state index in [0.29, 0.717) is 5.92 Å². The maximum absolute atomic E-state index is 10.0. The van der Waals surface area contributed by atoms with E-state index in [0.717, 1.165) is 27.7 Å². The molecular weight excluding hydrogens is 453 g/mol. The molecular formula is C21H36INO2Si. The van der Waals surface area contributed by atoms with Crippen molar-refractivity contribution in [3.63, 3.8) is 0 Å². The first kappa shape index (κ1) is 22.3. The van der Waals surface area contributed by atoms with Gasteiger partial charge in [-0.15, -0.1) is 0 Å². The second-order valence-electron chi connectivity index (χ2n) is 10.4. The molecule has 1 aliphatic rings. The van der Waals surface area contributed by atoms with E-state index in [4.69, 9.17) is 9.41 Å². The fourth-order valence-corrected chi connectivity index (χ4v) is 5.90. The molecule has 0 bridgehead atoms. The molecule has 0 amide bonds. The topological polar surface area (TPSA) is 42.4 Å². The summed E-state index contributed by atoms with van der Waals surface area (Å²) in [6.45, 7) is 20.5. The number of hydrogen-bond donors (Lipinski definition) is 1. The van der Waals surface area contributed by atoms with Crippen LogP contribution in [-0.2, 0) is 17.5 Å². The number of aromatic nitrogens is 1. The first-order valence-electron chi connectivity index (χ1n) is 9.70. The summed E-state index contributed by atoms with van der Waals surface area (Å²) in [4.78, 5) is 5.05. The highest BCUT2D eigenvalue weighted by Gasteiger charge is 2.44. The van der Waals surface area contributed by atoms with Crippen molar-refractivity contribution in [2.24, 2.45) is 5.41 Å². The Balaban J connectivity index is 2.62. The molecule has 0 saturated heterocycles. The van der Waals surface area contributed by atoms with Gasteiger partial charge in [0, 0.05) is 26.1 Å². The van der Waals surface area contributed by atoms with E-state index in [9.17, 15) is 5.11 Å². The first-order valence-corrected chi connectivity index (χ1v) is 13.7. The highest BCUT2D eigenvalue weighted by molar-refractivity contribution is 14.1. The number of fused-ring (bicyclic) bond motifs is 1. The summed E-state index contributed by atoms with van der Waals surface area (Å²) >= 11 is 2.42. The van der Waals surface area contributed by atoms with Gasteiger partial charge in [-0.3, -0.25) is 4.98 Å². The number of aliphatic hydroxyl groups excluding tert-OH is 1. The van der Waals surface area contributed by atoms with Crippen LogP contribution >= 0.6 is 22.6 Å². The second-order valence-corrected chi connectivity index (χ2v) is 16.2. The van der Waals surface area contributed by atoms with Crippen LogP contribution in [0.15, 0.2) is 0 Å². The van der Waals surface area contributed by atoms with Gasteiger partial charge in [0.2, 0.25) is 0 Å². The molecule has 0 saturated carbocycles. The van der Waals surface area contributed by atoms with Gasteiger partial charge in [-0.1, -0.05) is 48.5 Å². The Hall–Kier alpha value is 0.0169. The minimum absolute atomic E-state index is 0.0439. The fraction of sp³-hybridized carbons (Fsp3) is 0.762. The maximum Gasteiger partial charge on any atom is 0.192 e. The zero-order chi connectivity index (χ0) is 20.1. The Morgan fingerprint density at radius 3 is 2.35 bits per heavy atom. The number of rotatable bonds is 4. The molecule has 0 fully saturated rings. The molecule has 2 rings (SSSR count). The lowest BCUT2D eigenvalue weighted by atomic mass is 9.74. The summed E-state index contributed by atoms with van der Waals surface area (Å²) in [5, 5.41) is 10.2. The molecule has 1 aliphatic carbocycles. The van der Waals surface area contributed by atoms with Gasteiger partial charge in [0.15, 0.2) is 8.32 Å². The Kier molecular flexibility index (Phi) is 6.39. The molecule has 5 heteroatoms. The molecule has 1 aromatic rings. The second kappa shape index (κ2) is 7.45. The number of hydrogen-bond acceptors (Lipinski definition) is 3. The molecule has 1 heterocycles. The Bertz CT molecular complexity index is 678. The van der Waals surface area contributed by atoms with E-state index in [1.807, 2.05) is 0 Å². The average molecular weight is 490 g/mol. The predicted molar refractivity (Wildman–Crippen MR) is 120 cm³/mol. The van der Waals surface area contributed by atoms with Gasteiger partial charge in [-0.2, -0.15) is 0 Å². The Labute approximate surface area is 174 Å². The predicted octanol–water partition coefficient (Wildman–Crippen LogP) is 6.34. The van der Waals surface area contributed by atoms with Crippen LogP contribution in [0.2, 0.25) is 18.1 Å². The molecule has 0 aliphatic heterocycles. The zero-order valence-electron chi connectivity index (χ0n) is 18.0. The molecule has 3 nitrogen and oxygen atoms in total. The summed E-state index contributed by atoms with van der Waals surface area (Å²) < 4.78 is 8.06. The summed E-state index contributed by atoms with van der Waals surface area (Å²) in [7, 11) is -1.90. The van der Waals surface area contributed by atoms with Crippen LogP contribution < -0.4 is 0 Å². The largest absolute Gasteiger partial charge is 0.410 e. The lowest BCUT2D eigenvalue weighted by Gasteiger charge is -2.44. The zero-order valence-corrected chi connectivity index (χ0v) is 21.1. The van der Waals surface area contributed by atoms with Gasteiger partial charge >= 0.3 is 0 Å². The van der Waals surface area contributed by atoms with Crippen LogP contribution in [0.25, 0.3) is 0 Å². The van der Waals surface area contributed by atoms with Gasteiger partial charge in [-0.05, 0) is 64.9 Å². The van der Waals surface area contributed by atoms with Crippen LogP contribution in [0.4, 0.5) is 0 Å². The molecule has 0 unspecified atom stereocenters. The van der Waals surface area contributed by atoms with Gasteiger partial charge in [0.25, 0.3) is 0 Å². The van der Waals surface area contributed by atoms with Gasteiger partial charge in [0.05, 0.1) is 12.7 Å². The molecule has 0 aromatic carbocycles. The van der Waals surface area contributed by atoms with Crippen molar-refractivity contribution in [2.75, 3.05) is 0 Å². The van der Waals surface area contributed by atoms with E-state index in [1.165, 1.54) is 11.3 Å². The van der Waals surface area contributed by atoms with Crippen molar-refractivity contribution in [3.05, 3.63) is 26.1 Å². The lowest BCUT2D eigenvalue weighted by Crippen LogP contribution is -2.44. The van der Waals surface area contributed by atoms with Crippen LogP contribution in [0, 0.1) is 8.99 Å². The molecule has 1 N–H and O–H groups in total. The van der Waals surface area contributed by atoms with Gasteiger partial charge < -0.3 is 9.53 Å². The van der Waals surface area contributed by atoms with E-state index in [-0.39, 0.29) is 23.2 Å². The normalized spacial score (nSPS) is 20.4. The van der Waals surface area contributed by atoms with Crippen LogP contribution in [-0.4, -0.2) is 18.4 Å². The standard InChI is InChI=1S/C21H36INO2Si/c1-13(2)19-14(12-24)18(22)17-15(23-19)10-21(6,7)11-16(17)25-26(8,9)20(3,4)5/h13,16,24H,10-12H2,1-9H3/t16-/m0/s1. The number of halogens is 1. The van der Waals surface area contributed by atoms with Crippen molar-refractivity contribution in [2.45, 2.75) is 98.1 Å². The Morgan fingerprint density at radius 1 is 1.31 bits per heavy atom. The first-order chi connectivity index (χ1) is 11.7. The van der Waals surface area contributed by atoms with Crippen molar-refractivity contribution >= 4 is 30.9 Å². The minimum atomic E-state index is -1.90. The van der Waals surface area contributed by atoms with Crippen molar-refractivity contribution in [1.29, 1.82) is 0 Å². The average Bonchev–Trinajstić information content (AvgIpc) is 2.43. The van der Waals surface area contributed by atoms with E-state index in [1.54, 1.807) is 0 Å². The third-order valence-corrected chi connectivity index (χ3v) is 11.7. The van der Waals surface area contributed by atoms with Crippen LogP contribution in [0.1, 0.15) is 89.4 Å². The number of pyridine rings is 1. The van der Waals surface area contributed by atoms with E-state index < -0.39 is 8.32 Å². The van der Waals surface area contributed by atoms with E-state index >= 15 is 0 Å². The smallest absolute Gasteiger partial charge is 0.192 e. The summed E-state index contributed by atoms with van der Waals surface area (Å²) in [6.07, 6.45) is 2.05. The van der Waals surface area contributed by atoms with Crippen LogP contribution in [0.5, 0.6) is 0 Å². The monoisotopic (exact) mass is 489 g/mol. The number of nitrogens with zero attached hydrogens (tertiary/aromatic N) is 1. The number of aliphatic hydroxyl groups is 1.